The van der Waals surface area contributed by atoms with E-state index in [1.165, 1.54) is 0 Å². The Labute approximate surface area is 64.7 Å². The predicted octanol–water partition coefficient (Wildman–Crippen LogP) is -2.01. The first-order valence-electron chi connectivity index (χ1n) is 0. The van der Waals surface area contributed by atoms with Crippen LogP contribution in [0, 0.1) is 0 Å². The molecule has 34 valence electrons. The van der Waals surface area contributed by atoms with Crippen LogP contribution in [-0.2, 0) is 33.6 Å². The molecule has 0 saturated carbocycles. The standard InChI is InChI=1S/Bi.Fe.Ni.H2O.3H/h;;;1H2;;;. The quantitative estimate of drug-likeness (QED) is 0.455. The van der Waals surface area contributed by atoms with E-state index in [0.717, 1.165) is 0 Å². The maximum atomic E-state index is 0. The summed E-state index contributed by atoms with van der Waals surface area (Å²) >= 11 is 0. The van der Waals surface area contributed by atoms with Gasteiger partial charge in [-0.3, -0.25) is 0 Å². The molecule has 4 heteroatoms. The minimum atomic E-state index is 0. The molecule has 0 saturated heterocycles. The molecule has 0 aliphatic heterocycles. The topological polar surface area (TPSA) is 31.5 Å². The smallest absolute Gasteiger partial charge is 0 e. The van der Waals surface area contributed by atoms with Crippen LogP contribution in [0.1, 0.15) is 0 Å². The molecule has 1 nitrogen and oxygen atoms in total. The Morgan fingerprint density at radius 2 is 1.00 bits per heavy atom. The van der Waals surface area contributed by atoms with E-state index in [4.69, 9.17) is 0 Å². The van der Waals surface area contributed by atoms with E-state index in [9.17, 15) is 0 Å². The first-order valence-corrected chi connectivity index (χ1v) is 0. The van der Waals surface area contributed by atoms with E-state index in [1.807, 2.05) is 0 Å². The summed E-state index contributed by atoms with van der Waals surface area (Å²) in [5.74, 6) is 0. The van der Waals surface area contributed by atoms with E-state index < -0.39 is 0 Å². The van der Waals surface area contributed by atoms with Crippen LogP contribution in [-0.4, -0.2) is 31.7 Å². The normalized spacial score (nSPS) is 0. The van der Waals surface area contributed by atoms with Gasteiger partial charge in [0.1, 0.15) is 0 Å². The Hall–Kier alpha value is 1.86. The zero-order chi connectivity index (χ0) is 0. The molecule has 0 aromatic carbocycles. The van der Waals surface area contributed by atoms with E-state index >= 15 is 0 Å². The van der Waals surface area contributed by atoms with Crippen LogP contribution >= 0.6 is 0 Å². The third-order valence-corrected chi connectivity index (χ3v) is 0. The molecule has 2 N–H and O–H groups in total. The predicted molar refractivity (Wildman–Crippen MR) is 13.6 cm³/mol. The Balaban J connectivity index is 0. The third kappa shape index (κ3) is 9.13. The molecule has 0 amide bonds. The molecule has 0 heterocycles. The second-order valence-corrected chi connectivity index (χ2v) is 0. The van der Waals surface area contributed by atoms with Crippen LogP contribution in [0.15, 0.2) is 0 Å². The van der Waals surface area contributed by atoms with Crippen molar-refractivity contribution in [1.29, 1.82) is 0 Å². The summed E-state index contributed by atoms with van der Waals surface area (Å²) in [4.78, 5) is 0. The van der Waals surface area contributed by atoms with Gasteiger partial charge in [0, 0.05) is 33.6 Å². The second-order valence-electron chi connectivity index (χ2n) is 0. The molecule has 0 aromatic heterocycles. The Kier molecular flexibility index (Phi) is 210. The van der Waals surface area contributed by atoms with Crippen molar-refractivity contribution < 1.29 is 39.0 Å². The summed E-state index contributed by atoms with van der Waals surface area (Å²) in [5, 5.41) is 0. The fourth-order valence-corrected chi connectivity index (χ4v) is 0. The summed E-state index contributed by atoms with van der Waals surface area (Å²) in [6.07, 6.45) is 0. The van der Waals surface area contributed by atoms with Gasteiger partial charge < -0.3 is 5.48 Å². The van der Waals surface area contributed by atoms with Crippen molar-refractivity contribution >= 4 is 26.2 Å². The summed E-state index contributed by atoms with van der Waals surface area (Å²) in [5.41, 5.74) is 0. The maximum absolute atomic E-state index is 0. The van der Waals surface area contributed by atoms with Crippen molar-refractivity contribution in [2.75, 3.05) is 0 Å². The van der Waals surface area contributed by atoms with Gasteiger partial charge >= 0.3 is 26.2 Å². The molecular formula is H5BiFeNiO. The molecule has 0 aliphatic rings. The van der Waals surface area contributed by atoms with Crippen molar-refractivity contribution in [3.8, 4) is 0 Å². The van der Waals surface area contributed by atoms with Gasteiger partial charge in [0.2, 0.25) is 0 Å². The van der Waals surface area contributed by atoms with Crippen LogP contribution in [0.3, 0.4) is 0 Å². The summed E-state index contributed by atoms with van der Waals surface area (Å²) in [6.45, 7) is 0. The van der Waals surface area contributed by atoms with Gasteiger partial charge in [0.25, 0.3) is 0 Å². The molecule has 0 unspecified atom stereocenters. The largest absolute Gasteiger partial charge is 0 e. The van der Waals surface area contributed by atoms with Crippen molar-refractivity contribution in [2.24, 2.45) is 0 Å². The average molecular weight is 345 g/mol. The van der Waals surface area contributed by atoms with Crippen LogP contribution in [0.2, 0.25) is 0 Å². The fraction of sp³-hybridized carbons (Fsp3) is 0. The molecule has 0 aliphatic carbocycles. The second kappa shape index (κ2) is 21.0. The Bertz CT molecular complexity index is 8.00. The summed E-state index contributed by atoms with van der Waals surface area (Å²) in [7, 11) is 0. The number of hydrogen-bond donors (Lipinski definition) is 0. The van der Waals surface area contributed by atoms with E-state index in [0.29, 0.717) is 0 Å². The molecule has 0 atom stereocenters. The Morgan fingerprint density at radius 3 is 1.00 bits per heavy atom. The summed E-state index contributed by atoms with van der Waals surface area (Å²) < 4.78 is 0. The first-order chi connectivity index (χ1) is 0. The molecule has 0 bridgehead atoms. The van der Waals surface area contributed by atoms with Gasteiger partial charge in [-0.05, 0) is 0 Å². The van der Waals surface area contributed by atoms with Crippen molar-refractivity contribution in [1.82, 2.24) is 0 Å². The van der Waals surface area contributed by atoms with Gasteiger partial charge in [-0.2, -0.15) is 0 Å². The van der Waals surface area contributed by atoms with Gasteiger partial charge in [0.15, 0.2) is 0 Å². The van der Waals surface area contributed by atoms with Gasteiger partial charge in [-0.1, -0.05) is 0 Å². The monoisotopic (exact) mass is 344 g/mol. The molecule has 0 radical (unpaired) electrons. The van der Waals surface area contributed by atoms with Gasteiger partial charge in [-0.25, -0.2) is 0 Å². The minimum Gasteiger partial charge on any atom is 0 e. The number of hydrogen-bond acceptors (Lipinski definition) is 0. The molecule has 0 spiro atoms. The maximum Gasteiger partial charge on any atom is 0 e. The van der Waals surface area contributed by atoms with E-state index in [-0.39, 0.29) is 65.2 Å². The van der Waals surface area contributed by atoms with Crippen molar-refractivity contribution in [2.45, 2.75) is 0 Å². The van der Waals surface area contributed by atoms with Gasteiger partial charge in [-0.15, -0.1) is 0 Å². The Morgan fingerprint density at radius 1 is 1.00 bits per heavy atom. The molecule has 4 heavy (non-hydrogen) atoms. The van der Waals surface area contributed by atoms with Crippen molar-refractivity contribution in [3.05, 3.63) is 0 Å². The zero-order valence-electron chi connectivity index (χ0n) is 1.88. The molecule has 0 fully saturated rings. The van der Waals surface area contributed by atoms with Crippen LogP contribution in [0.4, 0.5) is 0 Å². The minimum absolute atomic E-state index is 0. The van der Waals surface area contributed by atoms with E-state index in [1.54, 1.807) is 0 Å². The van der Waals surface area contributed by atoms with Crippen LogP contribution in [0.25, 0.3) is 0 Å². The summed E-state index contributed by atoms with van der Waals surface area (Å²) in [6, 6.07) is 0. The molecule has 0 rings (SSSR count). The van der Waals surface area contributed by atoms with Crippen molar-refractivity contribution in [3.63, 3.8) is 0 Å². The molecule has 0 aromatic rings. The van der Waals surface area contributed by atoms with Crippen LogP contribution < -0.4 is 0 Å². The van der Waals surface area contributed by atoms with Gasteiger partial charge in [0.05, 0.1) is 0 Å². The van der Waals surface area contributed by atoms with E-state index in [2.05, 4.69) is 0 Å². The zero-order valence-corrected chi connectivity index (χ0v) is 9.47. The first kappa shape index (κ1) is 40.1. The average Bonchev–Trinajstić information content (AvgIpc) is 0. The number of rotatable bonds is 0. The third-order valence-electron chi connectivity index (χ3n) is 0. The SMILES string of the molecule is O.[BiH3].[Fe].[Ni]. The fourth-order valence-electron chi connectivity index (χ4n) is 0. The molecular weight excluding hydrogens is 340 g/mol. The van der Waals surface area contributed by atoms with Crippen LogP contribution in [0.5, 0.6) is 0 Å².